The highest BCUT2D eigenvalue weighted by Gasteiger charge is 2.13. The molecule has 0 aliphatic carbocycles. The van der Waals surface area contributed by atoms with E-state index in [2.05, 4.69) is 9.97 Å². The first-order chi connectivity index (χ1) is 6.65. The van der Waals surface area contributed by atoms with Gasteiger partial charge in [-0.15, -0.1) is 0 Å². The highest BCUT2D eigenvalue weighted by atomic mass is 16.1. The zero-order valence-electron chi connectivity index (χ0n) is 8.53. The van der Waals surface area contributed by atoms with Crippen LogP contribution in [0.5, 0.6) is 0 Å². The van der Waals surface area contributed by atoms with Gasteiger partial charge in [-0.1, -0.05) is 6.92 Å². The van der Waals surface area contributed by atoms with E-state index >= 15 is 0 Å². The summed E-state index contributed by atoms with van der Waals surface area (Å²) >= 11 is 0. The summed E-state index contributed by atoms with van der Waals surface area (Å²) in [5.41, 5.74) is 6.80. The number of rotatable bonds is 4. The third kappa shape index (κ3) is 2.60. The SMILES string of the molecule is CCC(N)CC(=O)c1nccnc1C. The average Bonchev–Trinajstić information content (AvgIpc) is 2.18. The predicted octanol–water partition coefficient (Wildman–Crippen LogP) is 1.10. The molecule has 0 radical (unpaired) electrons. The molecule has 1 aromatic heterocycles. The lowest BCUT2D eigenvalue weighted by Crippen LogP contribution is -2.23. The van der Waals surface area contributed by atoms with E-state index in [9.17, 15) is 4.79 Å². The maximum atomic E-state index is 11.7. The van der Waals surface area contributed by atoms with E-state index in [0.717, 1.165) is 6.42 Å². The summed E-state index contributed by atoms with van der Waals surface area (Å²) in [6.45, 7) is 3.74. The van der Waals surface area contributed by atoms with Crippen LogP contribution in [0.1, 0.15) is 35.9 Å². The molecule has 0 saturated carbocycles. The van der Waals surface area contributed by atoms with Crippen molar-refractivity contribution >= 4 is 5.78 Å². The van der Waals surface area contributed by atoms with Crippen LogP contribution in [0.3, 0.4) is 0 Å². The average molecular weight is 193 g/mol. The number of carbonyl (C=O) groups excluding carboxylic acids is 1. The molecule has 1 heterocycles. The van der Waals surface area contributed by atoms with Crippen molar-refractivity contribution in [1.29, 1.82) is 0 Å². The van der Waals surface area contributed by atoms with E-state index in [0.29, 0.717) is 17.8 Å². The summed E-state index contributed by atoms with van der Waals surface area (Å²) in [5, 5.41) is 0. The Kier molecular flexibility index (Phi) is 3.71. The van der Waals surface area contributed by atoms with Crippen LogP contribution in [-0.2, 0) is 0 Å². The molecule has 2 N–H and O–H groups in total. The minimum Gasteiger partial charge on any atom is -0.327 e. The first-order valence-corrected chi connectivity index (χ1v) is 4.71. The van der Waals surface area contributed by atoms with E-state index in [4.69, 9.17) is 5.73 Å². The monoisotopic (exact) mass is 193 g/mol. The Labute approximate surface area is 83.6 Å². The number of Topliss-reactive ketones (excluding diaryl/α,β-unsaturated/α-hetero) is 1. The largest absolute Gasteiger partial charge is 0.327 e. The quantitative estimate of drug-likeness (QED) is 0.727. The van der Waals surface area contributed by atoms with Gasteiger partial charge < -0.3 is 5.73 Å². The van der Waals surface area contributed by atoms with E-state index in [-0.39, 0.29) is 11.8 Å². The summed E-state index contributed by atoms with van der Waals surface area (Å²) in [4.78, 5) is 19.7. The van der Waals surface area contributed by atoms with Crippen LogP contribution in [0.4, 0.5) is 0 Å². The Morgan fingerprint density at radius 2 is 2.14 bits per heavy atom. The Morgan fingerprint density at radius 3 is 2.71 bits per heavy atom. The normalized spacial score (nSPS) is 12.5. The number of hydrogen-bond acceptors (Lipinski definition) is 4. The minimum atomic E-state index is -0.0797. The van der Waals surface area contributed by atoms with Crippen LogP contribution in [-0.4, -0.2) is 21.8 Å². The molecule has 0 amide bonds. The molecular formula is C10H15N3O. The third-order valence-corrected chi connectivity index (χ3v) is 2.12. The standard InChI is InChI=1S/C10H15N3O/c1-3-8(11)6-9(14)10-7(2)12-4-5-13-10/h4-5,8H,3,6,11H2,1-2H3. The Balaban J connectivity index is 2.75. The summed E-state index contributed by atoms with van der Waals surface area (Å²) in [5.74, 6) is -0.0232. The highest BCUT2D eigenvalue weighted by Crippen LogP contribution is 2.06. The van der Waals surface area contributed by atoms with Gasteiger partial charge in [0, 0.05) is 24.9 Å². The number of aromatic nitrogens is 2. The first-order valence-electron chi connectivity index (χ1n) is 4.71. The van der Waals surface area contributed by atoms with Crippen LogP contribution in [0.25, 0.3) is 0 Å². The number of ketones is 1. The van der Waals surface area contributed by atoms with Gasteiger partial charge in [-0.05, 0) is 13.3 Å². The summed E-state index contributed by atoms with van der Waals surface area (Å²) in [6, 6.07) is -0.0797. The van der Waals surface area contributed by atoms with Crippen LogP contribution in [0.2, 0.25) is 0 Å². The van der Waals surface area contributed by atoms with Crippen molar-refractivity contribution < 1.29 is 4.79 Å². The number of carbonyl (C=O) groups is 1. The van der Waals surface area contributed by atoms with Crippen LogP contribution in [0.15, 0.2) is 12.4 Å². The van der Waals surface area contributed by atoms with Gasteiger partial charge in [0.15, 0.2) is 5.78 Å². The second-order valence-electron chi connectivity index (χ2n) is 3.29. The summed E-state index contributed by atoms with van der Waals surface area (Å²) in [6.07, 6.45) is 4.24. The van der Waals surface area contributed by atoms with Gasteiger partial charge in [0.2, 0.25) is 0 Å². The van der Waals surface area contributed by atoms with Crippen LogP contribution in [0, 0.1) is 6.92 Å². The van der Waals surface area contributed by atoms with Gasteiger partial charge in [-0.25, -0.2) is 4.98 Å². The molecule has 0 aromatic carbocycles. The molecule has 14 heavy (non-hydrogen) atoms. The molecular weight excluding hydrogens is 178 g/mol. The molecule has 0 fully saturated rings. The zero-order chi connectivity index (χ0) is 10.6. The fraction of sp³-hybridized carbons (Fsp3) is 0.500. The van der Waals surface area contributed by atoms with E-state index < -0.39 is 0 Å². The molecule has 1 aromatic rings. The van der Waals surface area contributed by atoms with Gasteiger partial charge in [-0.3, -0.25) is 9.78 Å². The van der Waals surface area contributed by atoms with Crippen molar-refractivity contribution in [3.63, 3.8) is 0 Å². The number of nitrogens with zero attached hydrogens (tertiary/aromatic N) is 2. The van der Waals surface area contributed by atoms with E-state index in [1.165, 1.54) is 6.20 Å². The van der Waals surface area contributed by atoms with Gasteiger partial charge in [0.1, 0.15) is 5.69 Å². The fourth-order valence-corrected chi connectivity index (χ4v) is 1.16. The molecule has 76 valence electrons. The van der Waals surface area contributed by atoms with Crippen molar-refractivity contribution in [1.82, 2.24) is 9.97 Å². The molecule has 1 unspecified atom stereocenters. The van der Waals surface area contributed by atoms with Crippen molar-refractivity contribution in [3.8, 4) is 0 Å². The number of nitrogens with two attached hydrogens (primary N) is 1. The second kappa shape index (κ2) is 4.81. The molecule has 0 bridgehead atoms. The second-order valence-corrected chi connectivity index (χ2v) is 3.29. The van der Waals surface area contributed by atoms with Gasteiger partial charge in [0.25, 0.3) is 0 Å². The van der Waals surface area contributed by atoms with Crippen molar-refractivity contribution in [3.05, 3.63) is 23.8 Å². The van der Waals surface area contributed by atoms with Gasteiger partial charge in [-0.2, -0.15) is 0 Å². The highest BCUT2D eigenvalue weighted by molar-refractivity contribution is 5.95. The molecule has 1 atom stereocenters. The topological polar surface area (TPSA) is 68.9 Å². The molecule has 0 spiro atoms. The molecule has 1 rings (SSSR count). The van der Waals surface area contributed by atoms with E-state index in [1.807, 2.05) is 6.92 Å². The molecule has 0 aliphatic rings. The predicted molar refractivity (Wildman–Crippen MR) is 54.0 cm³/mol. The van der Waals surface area contributed by atoms with E-state index in [1.54, 1.807) is 13.1 Å². The lowest BCUT2D eigenvalue weighted by atomic mass is 10.1. The van der Waals surface area contributed by atoms with Crippen LogP contribution < -0.4 is 5.73 Å². The van der Waals surface area contributed by atoms with Gasteiger partial charge in [0.05, 0.1) is 5.69 Å². The molecule has 4 nitrogen and oxygen atoms in total. The Bertz CT molecular complexity index is 325. The zero-order valence-corrected chi connectivity index (χ0v) is 8.53. The van der Waals surface area contributed by atoms with Crippen LogP contribution >= 0.6 is 0 Å². The van der Waals surface area contributed by atoms with Crippen molar-refractivity contribution in [2.75, 3.05) is 0 Å². The van der Waals surface area contributed by atoms with Gasteiger partial charge >= 0.3 is 0 Å². The lowest BCUT2D eigenvalue weighted by Gasteiger charge is -2.07. The first kappa shape index (κ1) is 10.8. The van der Waals surface area contributed by atoms with Crippen molar-refractivity contribution in [2.24, 2.45) is 5.73 Å². The summed E-state index contributed by atoms with van der Waals surface area (Å²) < 4.78 is 0. The lowest BCUT2D eigenvalue weighted by molar-refractivity contribution is 0.0968. The smallest absolute Gasteiger partial charge is 0.184 e. The fourth-order valence-electron chi connectivity index (χ4n) is 1.16. The molecule has 0 saturated heterocycles. The number of hydrogen-bond donors (Lipinski definition) is 1. The number of aryl methyl sites for hydroxylation is 1. The molecule has 0 aliphatic heterocycles. The minimum absolute atomic E-state index is 0.0232. The maximum absolute atomic E-state index is 11.7. The molecule has 4 heteroatoms. The Morgan fingerprint density at radius 1 is 1.50 bits per heavy atom. The van der Waals surface area contributed by atoms with Crippen molar-refractivity contribution in [2.45, 2.75) is 32.7 Å². The summed E-state index contributed by atoms with van der Waals surface area (Å²) in [7, 11) is 0. The third-order valence-electron chi connectivity index (χ3n) is 2.12. The Hall–Kier alpha value is -1.29. The maximum Gasteiger partial charge on any atom is 0.184 e.